The van der Waals surface area contributed by atoms with Crippen LogP contribution >= 0.6 is 12.4 Å². The van der Waals surface area contributed by atoms with Gasteiger partial charge >= 0.3 is 0 Å². The number of nitrogens with two attached hydrogens (primary N) is 1. The van der Waals surface area contributed by atoms with Crippen LogP contribution in [0.25, 0.3) is 0 Å². The summed E-state index contributed by atoms with van der Waals surface area (Å²) < 4.78 is 0. The van der Waals surface area contributed by atoms with Crippen LogP contribution in [0.2, 0.25) is 0 Å². The number of rotatable bonds is 4. The van der Waals surface area contributed by atoms with E-state index in [0.29, 0.717) is 17.8 Å². The highest BCUT2D eigenvalue weighted by Gasteiger charge is 2.08. The molecule has 0 atom stereocenters. The standard InChI is InChI=1S/C11H15N3O2.ClH/c1-13-10(15)6-7-14-11(16)8-4-2-3-5-9(8)12;/h2-5H,6-7,12H2,1H3,(H,13,15)(H,14,16);1H. The molecule has 4 N–H and O–H groups in total. The van der Waals surface area contributed by atoms with Gasteiger partial charge in [-0.25, -0.2) is 0 Å². The first kappa shape index (κ1) is 15.2. The van der Waals surface area contributed by atoms with Gasteiger partial charge in [-0.15, -0.1) is 12.4 Å². The summed E-state index contributed by atoms with van der Waals surface area (Å²) in [7, 11) is 1.55. The molecule has 5 nitrogen and oxygen atoms in total. The summed E-state index contributed by atoms with van der Waals surface area (Å²) in [5.41, 5.74) is 6.50. The van der Waals surface area contributed by atoms with E-state index in [-0.39, 0.29) is 30.6 Å². The molecule has 1 rings (SSSR count). The van der Waals surface area contributed by atoms with E-state index in [0.717, 1.165) is 0 Å². The lowest BCUT2D eigenvalue weighted by atomic mass is 10.1. The van der Waals surface area contributed by atoms with Crippen LogP contribution in [0.5, 0.6) is 0 Å². The number of hydrogen-bond donors (Lipinski definition) is 3. The first-order valence-corrected chi connectivity index (χ1v) is 4.98. The van der Waals surface area contributed by atoms with Crippen molar-refractivity contribution in [2.24, 2.45) is 0 Å². The molecule has 0 spiro atoms. The van der Waals surface area contributed by atoms with Crippen molar-refractivity contribution < 1.29 is 9.59 Å². The molecule has 1 aromatic carbocycles. The molecule has 6 heteroatoms. The van der Waals surface area contributed by atoms with Crippen molar-refractivity contribution in [1.82, 2.24) is 10.6 Å². The van der Waals surface area contributed by atoms with E-state index in [1.807, 2.05) is 0 Å². The summed E-state index contributed by atoms with van der Waals surface area (Å²) in [5.74, 6) is -0.372. The minimum Gasteiger partial charge on any atom is -0.398 e. The smallest absolute Gasteiger partial charge is 0.253 e. The predicted octanol–water partition coefficient (Wildman–Crippen LogP) is 0.556. The number of benzene rings is 1. The van der Waals surface area contributed by atoms with Gasteiger partial charge in [-0.2, -0.15) is 0 Å². The molecule has 0 radical (unpaired) electrons. The van der Waals surface area contributed by atoms with Crippen molar-refractivity contribution in [2.75, 3.05) is 19.3 Å². The number of nitrogens with one attached hydrogen (secondary N) is 2. The Hall–Kier alpha value is -1.75. The van der Waals surface area contributed by atoms with Crippen molar-refractivity contribution in [3.63, 3.8) is 0 Å². The van der Waals surface area contributed by atoms with Crippen LogP contribution in [0, 0.1) is 0 Å². The average Bonchev–Trinajstić information content (AvgIpc) is 2.29. The van der Waals surface area contributed by atoms with Gasteiger partial charge in [0.25, 0.3) is 5.91 Å². The lowest BCUT2D eigenvalue weighted by Gasteiger charge is -2.06. The van der Waals surface area contributed by atoms with E-state index in [9.17, 15) is 9.59 Å². The van der Waals surface area contributed by atoms with Gasteiger partial charge in [0.05, 0.1) is 5.56 Å². The minimum absolute atomic E-state index is 0. The van der Waals surface area contributed by atoms with E-state index in [1.165, 1.54) is 0 Å². The maximum absolute atomic E-state index is 11.6. The molecule has 0 heterocycles. The fourth-order valence-electron chi connectivity index (χ4n) is 1.21. The normalized spacial score (nSPS) is 9.00. The molecule has 0 aromatic heterocycles. The number of halogens is 1. The first-order chi connectivity index (χ1) is 7.65. The summed E-state index contributed by atoms with van der Waals surface area (Å²) in [4.78, 5) is 22.5. The van der Waals surface area contributed by atoms with Gasteiger partial charge in [0.2, 0.25) is 5.91 Å². The number of hydrogen-bond acceptors (Lipinski definition) is 3. The fourth-order valence-corrected chi connectivity index (χ4v) is 1.21. The van der Waals surface area contributed by atoms with Crippen molar-refractivity contribution in [1.29, 1.82) is 0 Å². The van der Waals surface area contributed by atoms with E-state index in [2.05, 4.69) is 10.6 Å². The second-order valence-corrected chi connectivity index (χ2v) is 3.27. The van der Waals surface area contributed by atoms with E-state index < -0.39 is 0 Å². The van der Waals surface area contributed by atoms with Crippen LogP contribution in [-0.4, -0.2) is 25.4 Å². The number of nitrogen functional groups attached to an aromatic ring is 1. The van der Waals surface area contributed by atoms with Gasteiger partial charge in [-0.1, -0.05) is 12.1 Å². The summed E-state index contributed by atoms with van der Waals surface area (Å²) in [5, 5.41) is 5.10. The highest BCUT2D eigenvalue weighted by Crippen LogP contribution is 2.09. The zero-order chi connectivity index (χ0) is 12.0. The third-order valence-electron chi connectivity index (χ3n) is 2.12. The lowest BCUT2D eigenvalue weighted by molar-refractivity contribution is -0.120. The molecule has 1 aromatic rings. The van der Waals surface area contributed by atoms with E-state index in [1.54, 1.807) is 31.3 Å². The van der Waals surface area contributed by atoms with Gasteiger partial charge < -0.3 is 16.4 Å². The molecular weight excluding hydrogens is 242 g/mol. The molecular formula is C11H16ClN3O2. The topological polar surface area (TPSA) is 84.2 Å². The summed E-state index contributed by atoms with van der Waals surface area (Å²) >= 11 is 0. The Bertz CT molecular complexity index is 396. The quantitative estimate of drug-likeness (QED) is 0.689. The molecule has 0 saturated carbocycles. The average molecular weight is 258 g/mol. The lowest BCUT2D eigenvalue weighted by Crippen LogP contribution is -2.29. The largest absolute Gasteiger partial charge is 0.398 e. The molecule has 0 bridgehead atoms. The molecule has 0 aliphatic rings. The van der Waals surface area contributed by atoms with Gasteiger partial charge in [0.15, 0.2) is 0 Å². The zero-order valence-corrected chi connectivity index (χ0v) is 10.3. The molecule has 0 unspecified atom stereocenters. The minimum atomic E-state index is -0.262. The Labute approximate surface area is 106 Å². The van der Waals surface area contributed by atoms with Crippen molar-refractivity contribution in [2.45, 2.75) is 6.42 Å². The first-order valence-electron chi connectivity index (χ1n) is 4.98. The van der Waals surface area contributed by atoms with Crippen LogP contribution in [0.15, 0.2) is 24.3 Å². The highest BCUT2D eigenvalue weighted by molar-refractivity contribution is 5.99. The van der Waals surface area contributed by atoms with E-state index in [4.69, 9.17) is 5.73 Å². The second kappa shape index (κ2) is 7.51. The Morgan fingerprint density at radius 2 is 1.94 bits per heavy atom. The molecule has 0 saturated heterocycles. The van der Waals surface area contributed by atoms with Gasteiger partial charge in [0.1, 0.15) is 0 Å². The molecule has 0 aliphatic carbocycles. The summed E-state index contributed by atoms with van der Waals surface area (Å²) in [6.07, 6.45) is 0.259. The van der Waals surface area contributed by atoms with Gasteiger partial charge in [-0.05, 0) is 12.1 Å². The maximum Gasteiger partial charge on any atom is 0.253 e. The van der Waals surface area contributed by atoms with Gasteiger partial charge in [0, 0.05) is 25.7 Å². The number of carbonyl (C=O) groups is 2. The van der Waals surface area contributed by atoms with Crippen molar-refractivity contribution in [3.05, 3.63) is 29.8 Å². The summed E-state index contributed by atoms with van der Waals surface area (Å²) in [6.45, 7) is 0.298. The molecule has 17 heavy (non-hydrogen) atoms. The Morgan fingerprint density at radius 3 is 2.53 bits per heavy atom. The molecule has 0 fully saturated rings. The van der Waals surface area contributed by atoms with Crippen LogP contribution in [0.4, 0.5) is 5.69 Å². The van der Waals surface area contributed by atoms with Crippen LogP contribution in [0.3, 0.4) is 0 Å². The van der Waals surface area contributed by atoms with Crippen LogP contribution in [-0.2, 0) is 4.79 Å². The van der Waals surface area contributed by atoms with Crippen molar-refractivity contribution in [3.8, 4) is 0 Å². The molecule has 0 aliphatic heterocycles. The van der Waals surface area contributed by atoms with Gasteiger partial charge in [-0.3, -0.25) is 9.59 Å². The number of carbonyl (C=O) groups excluding carboxylic acids is 2. The zero-order valence-electron chi connectivity index (χ0n) is 9.53. The SMILES string of the molecule is CNC(=O)CCNC(=O)c1ccccc1N.Cl. The third kappa shape index (κ3) is 4.74. The predicted molar refractivity (Wildman–Crippen MR) is 69.1 cm³/mol. The number of anilines is 1. The van der Waals surface area contributed by atoms with Crippen LogP contribution in [0.1, 0.15) is 16.8 Å². The summed E-state index contributed by atoms with van der Waals surface area (Å²) in [6, 6.07) is 6.80. The van der Waals surface area contributed by atoms with Crippen LogP contribution < -0.4 is 16.4 Å². The fraction of sp³-hybridized carbons (Fsp3) is 0.273. The Kier molecular flexibility index (Phi) is 6.74. The second-order valence-electron chi connectivity index (χ2n) is 3.27. The maximum atomic E-state index is 11.6. The molecule has 2 amide bonds. The number of para-hydroxylation sites is 1. The Morgan fingerprint density at radius 1 is 1.29 bits per heavy atom. The molecule has 94 valence electrons. The number of amides is 2. The Balaban J connectivity index is 0.00000256. The van der Waals surface area contributed by atoms with Crippen molar-refractivity contribution >= 4 is 29.9 Å². The van der Waals surface area contributed by atoms with E-state index >= 15 is 0 Å². The highest BCUT2D eigenvalue weighted by atomic mass is 35.5. The monoisotopic (exact) mass is 257 g/mol. The third-order valence-corrected chi connectivity index (χ3v) is 2.12.